The van der Waals surface area contributed by atoms with E-state index in [1.807, 2.05) is 0 Å². The Kier molecular flexibility index (Phi) is 6.14. The standard InChI is InChI=1S/C11H15O7P/c1-16-8-17-11(12)6-9-2-4-10(5-3-9)7-18-19(13,14)15/h2-5H,6-8H2,1H3,(H2,13,14,15). The van der Waals surface area contributed by atoms with E-state index in [2.05, 4.69) is 9.26 Å². The van der Waals surface area contributed by atoms with Gasteiger partial charge in [0.1, 0.15) is 0 Å². The first-order valence-electron chi connectivity index (χ1n) is 5.33. The Balaban J connectivity index is 2.47. The lowest BCUT2D eigenvalue weighted by Crippen LogP contribution is -2.09. The zero-order chi connectivity index (χ0) is 14.3. The van der Waals surface area contributed by atoms with E-state index in [0.717, 1.165) is 5.56 Å². The summed E-state index contributed by atoms with van der Waals surface area (Å²) in [7, 11) is -3.05. The van der Waals surface area contributed by atoms with E-state index in [4.69, 9.17) is 14.5 Å². The largest absolute Gasteiger partial charge is 0.469 e. The molecule has 0 aliphatic carbocycles. The number of benzene rings is 1. The Hall–Kier alpha value is -1.24. The summed E-state index contributed by atoms with van der Waals surface area (Å²) in [4.78, 5) is 28.4. The van der Waals surface area contributed by atoms with Crippen molar-refractivity contribution in [1.29, 1.82) is 0 Å². The molecule has 0 aliphatic rings. The van der Waals surface area contributed by atoms with Crippen molar-refractivity contribution in [2.24, 2.45) is 0 Å². The number of phosphoric ester groups is 1. The summed E-state index contributed by atoms with van der Waals surface area (Å²) >= 11 is 0. The minimum absolute atomic E-state index is 0.0902. The third kappa shape index (κ3) is 7.05. The Morgan fingerprint density at radius 3 is 2.32 bits per heavy atom. The SMILES string of the molecule is COCOC(=O)Cc1ccc(COP(=O)(O)O)cc1. The van der Waals surface area contributed by atoms with Gasteiger partial charge in [0.2, 0.25) is 0 Å². The average Bonchev–Trinajstić information content (AvgIpc) is 2.34. The highest BCUT2D eigenvalue weighted by molar-refractivity contribution is 7.46. The van der Waals surface area contributed by atoms with Crippen molar-refractivity contribution in [2.45, 2.75) is 13.0 Å². The smallest absolute Gasteiger partial charge is 0.438 e. The molecule has 0 atom stereocenters. The van der Waals surface area contributed by atoms with Crippen molar-refractivity contribution in [3.05, 3.63) is 35.4 Å². The second-order valence-corrected chi connectivity index (χ2v) is 4.92. The third-order valence-electron chi connectivity index (χ3n) is 2.11. The predicted molar refractivity (Wildman–Crippen MR) is 64.9 cm³/mol. The average molecular weight is 290 g/mol. The summed E-state index contributed by atoms with van der Waals surface area (Å²) in [6.07, 6.45) is 0.100. The van der Waals surface area contributed by atoms with Gasteiger partial charge in [-0.3, -0.25) is 9.32 Å². The number of esters is 1. The lowest BCUT2D eigenvalue weighted by molar-refractivity contribution is -0.153. The van der Waals surface area contributed by atoms with Crippen LogP contribution in [0.4, 0.5) is 0 Å². The molecular formula is C11H15O7P. The fourth-order valence-corrected chi connectivity index (χ4v) is 1.57. The van der Waals surface area contributed by atoms with Crippen LogP contribution in [0.1, 0.15) is 11.1 Å². The van der Waals surface area contributed by atoms with Crippen LogP contribution in [-0.2, 0) is 36.4 Å². The van der Waals surface area contributed by atoms with Crippen LogP contribution in [0, 0.1) is 0 Å². The van der Waals surface area contributed by atoms with Gasteiger partial charge in [0.25, 0.3) is 0 Å². The second kappa shape index (κ2) is 7.37. The van der Waals surface area contributed by atoms with Crippen molar-refractivity contribution < 1.29 is 33.1 Å². The highest BCUT2D eigenvalue weighted by atomic mass is 31.2. The molecular weight excluding hydrogens is 275 g/mol. The molecule has 0 heterocycles. The first-order chi connectivity index (χ1) is 8.90. The van der Waals surface area contributed by atoms with E-state index >= 15 is 0 Å². The van der Waals surface area contributed by atoms with E-state index in [1.165, 1.54) is 7.11 Å². The van der Waals surface area contributed by atoms with Gasteiger partial charge < -0.3 is 19.3 Å². The first kappa shape index (κ1) is 15.8. The fraction of sp³-hybridized carbons (Fsp3) is 0.364. The van der Waals surface area contributed by atoms with Gasteiger partial charge in [-0.2, -0.15) is 0 Å². The molecule has 0 fully saturated rings. The molecule has 0 aromatic heterocycles. The van der Waals surface area contributed by atoms with E-state index in [1.54, 1.807) is 24.3 Å². The highest BCUT2D eigenvalue weighted by Gasteiger charge is 2.13. The molecule has 7 nitrogen and oxygen atoms in total. The summed E-state index contributed by atoms with van der Waals surface area (Å²) in [6.45, 7) is -0.286. The number of rotatable bonds is 7. The lowest BCUT2D eigenvalue weighted by Gasteiger charge is -2.06. The van der Waals surface area contributed by atoms with Crippen LogP contribution in [0.5, 0.6) is 0 Å². The number of hydrogen-bond acceptors (Lipinski definition) is 5. The van der Waals surface area contributed by atoms with Crippen molar-refractivity contribution in [3.63, 3.8) is 0 Å². The molecule has 0 saturated heterocycles. The van der Waals surface area contributed by atoms with Crippen LogP contribution in [0.3, 0.4) is 0 Å². The number of ether oxygens (including phenoxy) is 2. The maximum atomic E-state index is 11.3. The molecule has 1 aromatic rings. The molecule has 0 unspecified atom stereocenters. The molecule has 1 rings (SSSR count). The molecule has 0 bridgehead atoms. The van der Waals surface area contributed by atoms with Crippen molar-refractivity contribution in [3.8, 4) is 0 Å². The van der Waals surface area contributed by atoms with Crippen molar-refractivity contribution in [1.82, 2.24) is 0 Å². The van der Waals surface area contributed by atoms with E-state index < -0.39 is 13.8 Å². The topological polar surface area (TPSA) is 102 Å². The van der Waals surface area contributed by atoms with Crippen LogP contribution >= 0.6 is 7.82 Å². The number of carbonyl (C=O) groups excluding carboxylic acids is 1. The van der Waals surface area contributed by atoms with Gasteiger partial charge in [-0.05, 0) is 11.1 Å². The Morgan fingerprint density at radius 1 is 1.21 bits per heavy atom. The molecule has 19 heavy (non-hydrogen) atoms. The first-order valence-corrected chi connectivity index (χ1v) is 6.86. The van der Waals surface area contributed by atoms with Gasteiger partial charge >= 0.3 is 13.8 Å². The van der Waals surface area contributed by atoms with Crippen LogP contribution in [0.2, 0.25) is 0 Å². The van der Waals surface area contributed by atoms with Crippen molar-refractivity contribution >= 4 is 13.8 Å². The quantitative estimate of drug-likeness (QED) is 0.438. The summed E-state index contributed by atoms with van der Waals surface area (Å²) in [5.41, 5.74) is 1.32. The highest BCUT2D eigenvalue weighted by Crippen LogP contribution is 2.36. The third-order valence-corrected chi connectivity index (χ3v) is 2.57. The number of carbonyl (C=O) groups is 1. The fourth-order valence-electron chi connectivity index (χ4n) is 1.25. The molecule has 106 valence electrons. The summed E-state index contributed by atoms with van der Waals surface area (Å²) in [6, 6.07) is 6.56. The normalized spacial score (nSPS) is 11.3. The summed E-state index contributed by atoms with van der Waals surface area (Å²) in [5.74, 6) is -0.416. The van der Waals surface area contributed by atoms with Crippen LogP contribution in [0.15, 0.2) is 24.3 Å². The summed E-state index contributed by atoms with van der Waals surface area (Å²) in [5, 5.41) is 0. The molecule has 8 heteroatoms. The van der Waals surface area contributed by atoms with E-state index in [9.17, 15) is 9.36 Å². The maximum absolute atomic E-state index is 11.3. The zero-order valence-corrected chi connectivity index (χ0v) is 11.2. The molecule has 1 aromatic carbocycles. The maximum Gasteiger partial charge on any atom is 0.469 e. The molecule has 2 N–H and O–H groups in total. The van der Waals surface area contributed by atoms with Gasteiger partial charge in [-0.15, -0.1) is 0 Å². The van der Waals surface area contributed by atoms with Gasteiger partial charge in [-0.1, -0.05) is 24.3 Å². The number of phosphoric acid groups is 1. The lowest BCUT2D eigenvalue weighted by atomic mass is 10.1. The molecule has 0 aliphatic heterocycles. The molecule has 0 radical (unpaired) electrons. The van der Waals surface area contributed by atoms with Crippen molar-refractivity contribution in [2.75, 3.05) is 13.9 Å². The Bertz CT molecular complexity index is 451. The minimum Gasteiger partial charge on any atom is -0.438 e. The van der Waals surface area contributed by atoms with Crippen LogP contribution in [0.25, 0.3) is 0 Å². The monoisotopic (exact) mass is 290 g/mol. The second-order valence-electron chi connectivity index (χ2n) is 3.68. The minimum atomic E-state index is -4.47. The predicted octanol–water partition coefficient (Wildman–Crippen LogP) is 0.985. The van der Waals surface area contributed by atoms with Gasteiger partial charge in [0, 0.05) is 7.11 Å². The van der Waals surface area contributed by atoms with Crippen LogP contribution in [-0.4, -0.2) is 29.7 Å². The van der Waals surface area contributed by atoms with E-state index in [0.29, 0.717) is 5.56 Å². The van der Waals surface area contributed by atoms with Crippen LogP contribution < -0.4 is 0 Å². The molecule has 0 saturated carbocycles. The number of methoxy groups -OCH3 is 1. The summed E-state index contributed by atoms with van der Waals surface area (Å²) < 4.78 is 24.2. The Labute approximate surface area is 110 Å². The number of hydrogen-bond donors (Lipinski definition) is 2. The van der Waals surface area contributed by atoms with Gasteiger partial charge in [-0.25, -0.2) is 4.57 Å². The Morgan fingerprint density at radius 2 is 1.79 bits per heavy atom. The zero-order valence-electron chi connectivity index (χ0n) is 10.3. The molecule has 0 amide bonds. The van der Waals surface area contributed by atoms with Gasteiger partial charge in [0.05, 0.1) is 13.0 Å². The van der Waals surface area contributed by atoms with Gasteiger partial charge in [0.15, 0.2) is 6.79 Å². The molecule has 0 spiro atoms. The van der Waals surface area contributed by atoms with E-state index in [-0.39, 0.29) is 19.8 Å².